The minimum Gasteiger partial charge on any atom is -0.370 e. The second kappa shape index (κ2) is 9.06. The second-order valence-electron chi connectivity index (χ2n) is 5.39. The minimum absolute atomic E-state index is 0.124. The third-order valence-electron chi connectivity index (χ3n) is 3.79. The summed E-state index contributed by atoms with van der Waals surface area (Å²) in [6, 6.07) is 8.48. The molecular formula is C17H27N3OS. The van der Waals surface area contributed by atoms with Gasteiger partial charge >= 0.3 is 0 Å². The lowest BCUT2D eigenvalue weighted by molar-refractivity contribution is -0.00831. The number of rotatable bonds is 5. The number of thioether (sulfide) groups is 1. The van der Waals surface area contributed by atoms with Gasteiger partial charge in [0.05, 0.1) is 19.7 Å². The molecule has 0 radical (unpaired) electrons. The van der Waals surface area contributed by atoms with Crippen LogP contribution in [0, 0.1) is 6.92 Å². The third kappa shape index (κ3) is 4.65. The fraction of sp³-hybridized carbons (Fsp3) is 0.588. The molecule has 0 spiro atoms. The van der Waals surface area contributed by atoms with Crippen LogP contribution in [-0.2, 0) is 4.74 Å². The van der Waals surface area contributed by atoms with Gasteiger partial charge in [-0.1, -0.05) is 24.3 Å². The van der Waals surface area contributed by atoms with Crippen LogP contribution < -0.4 is 5.32 Å². The van der Waals surface area contributed by atoms with E-state index >= 15 is 0 Å². The van der Waals surface area contributed by atoms with E-state index in [-0.39, 0.29) is 6.10 Å². The van der Waals surface area contributed by atoms with E-state index in [9.17, 15) is 0 Å². The largest absolute Gasteiger partial charge is 0.370 e. The first-order chi connectivity index (χ1) is 10.8. The molecule has 5 heteroatoms. The monoisotopic (exact) mass is 321 g/mol. The van der Waals surface area contributed by atoms with Gasteiger partial charge in [0.25, 0.3) is 0 Å². The van der Waals surface area contributed by atoms with E-state index in [2.05, 4.69) is 54.6 Å². The van der Waals surface area contributed by atoms with Crippen molar-refractivity contribution in [1.82, 2.24) is 10.2 Å². The zero-order chi connectivity index (χ0) is 15.8. The van der Waals surface area contributed by atoms with Crippen LogP contribution in [0.4, 0.5) is 0 Å². The molecule has 1 aliphatic heterocycles. The number of hydrogen-bond acceptors (Lipinski definition) is 3. The van der Waals surface area contributed by atoms with Crippen molar-refractivity contribution < 1.29 is 4.74 Å². The lowest BCUT2D eigenvalue weighted by Crippen LogP contribution is -2.48. The van der Waals surface area contributed by atoms with Gasteiger partial charge < -0.3 is 15.0 Å². The Kier molecular flexibility index (Phi) is 7.06. The van der Waals surface area contributed by atoms with Gasteiger partial charge in [0.2, 0.25) is 0 Å². The van der Waals surface area contributed by atoms with E-state index in [1.807, 2.05) is 11.8 Å². The number of benzene rings is 1. The van der Waals surface area contributed by atoms with Crippen LogP contribution in [0.1, 0.15) is 24.2 Å². The molecule has 1 unspecified atom stereocenters. The van der Waals surface area contributed by atoms with Crippen molar-refractivity contribution in [1.29, 1.82) is 0 Å². The topological polar surface area (TPSA) is 36.9 Å². The van der Waals surface area contributed by atoms with Crippen LogP contribution in [0.5, 0.6) is 0 Å². The summed E-state index contributed by atoms with van der Waals surface area (Å²) in [5.41, 5.74) is 2.57. The van der Waals surface area contributed by atoms with E-state index in [1.165, 1.54) is 11.1 Å². The molecule has 4 nitrogen and oxygen atoms in total. The Balaban J connectivity index is 2.07. The number of aryl methyl sites for hydroxylation is 1. The molecule has 22 heavy (non-hydrogen) atoms. The summed E-state index contributed by atoms with van der Waals surface area (Å²) in [6.07, 6.45) is 2.24. The Hall–Kier alpha value is -1.20. The van der Waals surface area contributed by atoms with Gasteiger partial charge in [0.15, 0.2) is 5.96 Å². The normalized spacial score (nSPS) is 19.3. The zero-order valence-electron chi connectivity index (χ0n) is 13.8. The van der Waals surface area contributed by atoms with Crippen molar-refractivity contribution >= 4 is 17.7 Å². The van der Waals surface area contributed by atoms with Crippen LogP contribution in [0.15, 0.2) is 29.3 Å². The molecule has 0 aromatic heterocycles. The first-order valence-electron chi connectivity index (χ1n) is 7.95. The molecule has 1 fully saturated rings. The Bertz CT molecular complexity index is 493. The molecule has 0 amide bonds. The predicted molar refractivity (Wildman–Crippen MR) is 95.8 cm³/mol. The number of nitrogens with zero attached hydrogens (tertiary/aromatic N) is 2. The average Bonchev–Trinajstić information content (AvgIpc) is 2.55. The van der Waals surface area contributed by atoms with Crippen LogP contribution in [-0.4, -0.2) is 55.7 Å². The number of aliphatic imine (C=N–C) groups is 1. The van der Waals surface area contributed by atoms with Gasteiger partial charge in [-0.3, -0.25) is 4.99 Å². The molecule has 1 aliphatic rings. The highest BCUT2D eigenvalue weighted by Crippen LogP contribution is 2.24. The lowest BCUT2D eigenvalue weighted by Gasteiger charge is -2.35. The van der Waals surface area contributed by atoms with Crippen molar-refractivity contribution in [2.75, 3.05) is 44.8 Å². The summed E-state index contributed by atoms with van der Waals surface area (Å²) in [7, 11) is 0. The summed E-state index contributed by atoms with van der Waals surface area (Å²) in [6.45, 7) is 8.51. The van der Waals surface area contributed by atoms with Gasteiger partial charge in [-0.25, -0.2) is 0 Å². The van der Waals surface area contributed by atoms with E-state index < -0.39 is 0 Å². The molecule has 1 heterocycles. The highest BCUT2D eigenvalue weighted by atomic mass is 32.2. The molecule has 1 saturated heterocycles. The molecule has 0 saturated carbocycles. The SMILES string of the molecule is CCNC(=NCCSC)N1CCOC(c2ccccc2C)C1. The summed E-state index contributed by atoms with van der Waals surface area (Å²) < 4.78 is 6.00. The average molecular weight is 321 g/mol. The first kappa shape index (κ1) is 17.2. The molecule has 1 atom stereocenters. The number of nitrogens with one attached hydrogen (secondary N) is 1. The smallest absolute Gasteiger partial charge is 0.194 e. The van der Waals surface area contributed by atoms with Crippen molar-refractivity contribution in [2.45, 2.75) is 20.0 Å². The number of guanidine groups is 1. The van der Waals surface area contributed by atoms with Crippen LogP contribution in [0.25, 0.3) is 0 Å². The maximum atomic E-state index is 6.00. The fourth-order valence-corrected chi connectivity index (χ4v) is 2.92. The molecule has 1 N–H and O–H groups in total. The molecule has 1 aromatic carbocycles. The molecule has 0 aliphatic carbocycles. The zero-order valence-corrected chi connectivity index (χ0v) is 14.7. The maximum absolute atomic E-state index is 6.00. The molecule has 0 bridgehead atoms. The highest BCUT2D eigenvalue weighted by Gasteiger charge is 2.24. The summed E-state index contributed by atoms with van der Waals surface area (Å²) in [5, 5.41) is 3.41. The van der Waals surface area contributed by atoms with E-state index in [1.54, 1.807) is 0 Å². The second-order valence-corrected chi connectivity index (χ2v) is 6.38. The Morgan fingerprint density at radius 2 is 2.27 bits per heavy atom. The molecular weight excluding hydrogens is 294 g/mol. The van der Waals surface area contributed by atoms with E-state index in [4.69, 9.17) is 9.73 Å². The van der Waals surface area contributed by atoms with Gasteiger partial charge in [-0.05, 0) is 31.2 Å². The first-order valence-corrected chi connectivity index (χ1v) is 9.35. The van der Waals surface area contributed by atoms with Crippen LogP contribution >= 0.6 is 11.8 Å². The van der Waals surface area contributed by atoms with E-state index in [0.717, 1.165) is 44.5 Å². The van der Waals surface area contributed by atoms with Gasteiger partial charge in [0.1, 0.15) is 6.10 Å². The third-order valence-corrected chi connectivity index (χ3v) is 4.38. The maximum Gasteiger partial charge on any atom is 0.194 e. The highest BCUT2D eigenvalue weighted by molar-refractivity contribution is 7.98. The molecule has 1 aromatic rings. The van der Waals surface area contributed by atoms with Crippen molar-refractivity contribution in [3.05, 3.63) is 35.4 Å². The van der Waals surface area contributed by atoms with Crippen molar-refractivity contribution in [2.24, 2.45) is 4.99 Å². The predicted octanol–water partition coefficient (Wildman–Crippen LogP) is 2.70. The lowest BCUT2D eigenvalue weighted by atomic mass is 10.0. The number of hydrogen-bond donors (Lipinski definition) is 1. The van der Waals surface area contributed by atoms with Crippen LogP contribution in [0.2, 0.25) is 0 Å². The summed E-state index contributed by atoms with van der Waals surface area (Å²) in [5.74, 6) is 2.07. The standard InChI is InChI=1S/C17H27N3OS/c1-4-18-17(19-9-12-22-3)20-10-11-21-16(13-20)15-8-6-5-7-14(15)2/h5-8,16H,4,9-13H2,1-3H3,(H,18,19). The Morgan fingerprint density at radius 1 is 1.45 bits per heavy atom. The summed E-state index contributed by atoms with van der Waals surface area (Å²) >= 11 is 1.83. The van der Waals surface area contributed by atoms with Gasteiger partial charge in [-0.15, -0.1) is 0 Å². The summed E-state index contributed by atoms with van der Waals surface area (Å²) in [4.78, 5) is 7.06. The molecule has 2 rings (SSSR count). The minimum atomic E-state index is 0.124. The van der Waals surface area contributed by atoms with Gasteiger partial charge in [-0.2, -0.15) is 11.8 Å². The quantitative estimate of drug-likeness (QED) is 0.514. The Labute approximate surface area is 138 Å². The van der Waals surface area contributed by atoms with E-state index in [0.29, 0.717) is 0 Å². The van der Waals surface area contributed by atoms with Gasteiger partial charge in [0, 0.05) is 18.8 Å². The Morgan fingerprint density at radius 3 is 3.00 bits per heavy atom. The number of morpholine rings is 1. The van der Waals surface area contributed by atoms with Crippen molar-refractivity contribution in [3.63, 3.8) is 0 Å². The fourth-order valence-electron chi connectivity index (χ4n) is 2.65. The number of ether oxygens (including phenoxy) is 1. The molecule has 122 valence electrons. The van der Waals surface area contributed by atoms with Crippen molar-refractivity contribution in [3.8, 4) is 0 Å². The van der Waals surface area contributed by atoms with Crippen LogP contribution in [0.3, 0.4) is 0 Å².